The molecule has 0 saturated heterocycles. The minimum absolute atomic E-state index is 0. The maximum absolute atomic E-state index is 5.30. The molecule has 1 radical (unpaired) electrons. The van der Waals surface area contributed by atoms with Crippen molar-refractivity contribution in [2.45, 2.75) is 78.9 Å². The topological polar surface area (TPSA) is 30.7 Å². The van der Waals surface area contributed by atoms with Crippen molar-refractivity contribution in [3.05, 3.63) is 168 Å². The summed E-state index contributed by atoms with van der Waals surface area (Å²) in [5.74, 6) is 2.14. The molecule has 0 aliphatic heterocycles. The zero-order valence-corrected chi connectivity index (χ0v) is 40.3. The second kappa shape index (κ2) is 17.9. The van der Waals surface area contributed by atoms with Crippen LogP contribution in [0, 0.1) is 12.1 Å². The Morgan fingerprint density at radius 3 is 1.93 bits per heavy atom. The molecule has 0 aliphatic carbocycles. The Hall–Kier alpha value is -4.97. The first-order chi connectivity index (χ1) is 28.4. The predicted molar refractivity (Wildman–Crippen MR) is 257 cm³/mol. The fraction of sp³-hybridized carbons (Fsp3) is 0.222. The van der Waals surface area contributed by atoms with Crippen molar-refractivity contribution in [2.24, 2.45) is 0 Å². The average Bonchev–Trinajstić information content (AvgIpc) is 3.82. The fourth-order valence-corrected chi connectivity index (χ4v) is 11.0. The van der Waals surface area contributed by atoms with Crippen molar-refractivity contribution >= 4 is 55.8 Å². The SMILES string of the molecule is CC(C)c1cc(-c2[c-]cccc2)ncc1[Si](C)(C)C.CC(C)c1cc(-c2ccccc2)cc(C(C)C)c1-n1c(-c2[c-]ccc3c2sc2ccccc23)nc2ccccc21.[Ir]. The van der Waals surface area contributed by atoms with Gasteiger partial charge in [0.15, 0.2) is 0 Å². The molecule has 3 aromatic heterocycles. The summed E-state index contributed by atoms with van der Waals surface area (Å²) in [6.07, 6.45) is 2.09. The largest absolute Gasteiger partial charge is 0.333 e. The van der Waals surface area contributed by atoms with Gasteiger partial charge in [0, 0.05) is 36.7 Å². The first kappa shape index (κ1) is 43.1. The first-order valence-corrected chi connectivity index (χ1v) is 25.2. The van der Waals surface area contributed by atoms with Gasteiger partial charge >= 0.3 is 0 Å². The van der Waals surface area contributed by atoms with Gasteiger partial charge < -0.3 is 9.55 Å². The maximum Gasteiger partial charge on any atom is 0.0799 e. The van der Waals surface area contributed by atoms with Gasteiger partial charge in [-0.2, -0.15) is 11.3 Å². The van der Waals surface area contributed by atoms with E-state index in [1.54, 1.807) is 0 Å². The summed E-state index contributed by atoms with van der Waals surface area (Å²) in [6.45, 7) is 20.9. The summed E-state index contributed by atoms with van der Waals surface area (Å²) in [4.78, 5) is 9.96. The number of hydrogen-bond acceptors (Lipinski definition) is 3. The molecular formula is C54H53IrN3SSi-2. The molecule has 9 rings (SSSR count). The second-order valence-corrected chi connectivity index (χ2v) is 23.6. The van der Waals surface area contributed by atoms with E-state index < -0.39 is 8.07 Å². The van der Waals surface area contributed by atoms with Gasteiger partial charge in [0.2, 0.25) is 0 Å². The van der Waals surface area contributed by atoms with Gasteiger partial charge in [0.1, 0.15) is 0 Å². The molecule has 3 nitrogen and oxygen atoms in total. The molecule has 6 aromatic carbocycles. The number of benzene rings is 6. The Kier molecular flexibility index (Phi) is 12.9. The van der Waals surface area contributed by atoms with E-state index in [2.05, 4.69) is 204 Å². The number of fused-ring (bicyclic) bond motifs is 4. The summed E-state index contributed by atoms with van der Waals surface area (Å²) >= 11 is 1.83. The predicted octanol–water partition coefficient (Wildman–Crippen LogP) is 15.0. The van der Waals surface area contributed by atoms with Crippen molar-refractivity contribution in [1.29, 1.82) is 0 Å². The van der Waals surface area contributed by atoms with Crippen molar-refractivity contribution in [2.75, 3.05) is 0 Å². The van der Waals surface area contributed by atoms with E-state index in [0.717, 1.165) is 33.7 Å². The number of para-hydroxylation sites is 2. The molecule has 0 atom stereocenters. The van der Waals surface area contributed by atoms with E-state index in [4.69, 9.17) is 4.98 Å². The van der Waals surface area contributed by atoms with Crippen LogP contribution in [-0.2, 0) is 20.1 Å². The van der Waals surface area contributed by atoms with E-state index in [1.165, 1.54) is 58.9 Å². The molecule has 0 unspecified atom stereocenters. The van der Waals surface area contributed by atoms with Gasteiger partial charge in [-0.15, -0.1) is 54.1 Å². The smallest absolute Gasteiger partial charge is 0.0799 e. The Labute approximate surface area is 375 Å². The van der Waals surface area contributed by atoms with Crippen molar-refractivity contribution in [3.63, 3.8) is 0 Å². The molecule has 0 fully saturated rings. The third-order valence-corrected chi connectivity index (χ3v) is 14.5. The summed E-state index contributed by atoms with van der Waals surface area (Å²) < 4.78 is 4.95. The molecule has 0 bridgehead atoms. The molecule has 0 amide bonds. The van der Waals surface area contributed by atoms with E-state index in [-0.39, 0.29) is 20.1 Å². The number of imidazole rings is 1. The second-order valence-electron chi connectivity index (χ2n) is 17.5. The standard InChI is InChI=1S/C37H31N2S.C17H22NSi.Ir/c1-23(2)30-21-26(25-13-6-5-7-14-25)22-31(24(3)4)35(30)39-33-19-10-9-18-32(33)38-37(39)29-17-12-16-28-27-15-8-11-20-34(27)40-36(28)29;1-13(2)15-11-16(14-9-7-6-8-10-14)18-12-17(15)19(3,4)5;/h5-16,18-24H,1-4H3;6-9,11-13H,1-5H3;/q2*-1;. The monoisotopic (exact) mass is 996 g/mol. The minimum Gasteiger partial charge on any atom is -0.333 e. The molecule has 305 valence electrons. The summed E-state index contributed by atoms with van der Waals surface area (Å²) in [7, 11) is -1.34. The van der Waals surface area contributed by atoms with E-state index in [0.29, 0.717) is 17.8 Å². The van der Waals surface area contributed by atoms with Crippen LogP contribution in [0.25, 0.3) is 70.7 Å². The Balaban J connectivity index is 0.000000230. The number of aromatic nitrogens is 3. The Morgan fingerprint density at radius 2 is 1.27 bits per heavy atom. The quantitative estimate of drug-likeness (QED) is 0.112. The van der Waals surface area contributed by atoms with Gasteiger partial charge in [-0.3, -0.25) is 4.98 Å². The molecule has 0 spiro atoms. The average molecular weight is 996 g/mol. The van der Waals surface area contributed by atoms with E-state index >= 15 is 0 Å². The van der Waals surface area contributed by atoms with Crippen LogP contribution in [-0.4, -0.2) is 22.6 Å². The van der Waals surface area contributed by atoms with Gasteiger partial charge in [0.05, 0.1) is 24.9 Å². The molecule has 3 heterocycles. The number of pyridine rings is 1. The Bertz CT molecular complexity index is 2870. The van der Waals surface area contributed by atoms with Crippen LogP contribution in [0.15, 0.2) is 140 Å². The molecule has 6 heteroatoms. The Morgan fingerprint density at radius 1 is 0.617 bits per heavy atom. The van der Waals surface area contributed by atoms with Crippen LogP contribution in [0.4, 0.5) is 0 Å². The minimum atomic E-state index is -1.34. The van der Waals surface area contributed by atoms with Crippen LogP contribution in [0.1, 0.15) is 76.0 Å². The zero-order chi connectivity index (χ0) is 41.4. The van der Waals surface area contributed by atoms with Crippen molar-refractivity contribution in [3.8, 4) is 39.5 Å². The van der Waals surface area contributed by atoms with Crippen LogP contribution >= 0.6 is 11.3 Å². The summed E-state index contributed by atoms with van der Waals surface area (Å²) in [5.41, 5.74) is 13.2. The normalized spacial score (nSPS) is 11.7. The van der Waals surface area contributed by atoms with Crippen LogP contribution < -0.4 is 5.19 Å². The summed E-state index contributed by atoms with van der Waals surface area (Å²) in [5, 5.41) is 4.03. The molecule has 9 aromatic rings. The zero-order valence-electron chi connectivity index (χ0n) is 36.1. The molecule has 60 heavy (non-hydrogen) atoms. The van der Waals surface area contributed by atoms with Crippen LogP contribution in [0.3, 0.4) is 0 Å². The van der Waals surface area contributed by atoms with Gasteiger partial charge in [-0.1, -0.05) is 144 Å². The third-order valence-electron chi connectivity index (χ3n) is 11.2. The van der Waals surface area contributed by atoms with Crippen LogP contribution in [0.2, 0.25) is 19.6 Å². The molecule has 0 aliphatic rings. The van der Waals surface area contributed by atoms with Gasteiger partial charge in [0.25, 0.3) is 0 Å². The maximum atomic E-state index is 5.30. The molecule has 0 saturated carbocycles. The summed E-state index contributed by atoms with van der Waals surface area (Å²) in [6, 6.07) is 54.2. The van der Waals surface area contributed by atoms with Gasteiger partial charge in [-0.25, -0.2) is 0 Å². The number of nitrogens with zero attached hydrogens (tertiary/aromatic N) is 3. The van der Waals surface area contributed by atoms with Gasteiger partial charge in [-0.05, 0) is 91.3 Å². The number of hydrogen-bond donors (Lipinski definition) is 0. The van der Waals surface area contributed by atoms with Crippen LogP contribution in [0.5, 0.6) is 0 Å². The molecular weight excluding hydrogens is 943 g/mol. The fourth-order valence-electron chi connectivity index (χ4n) is 8.17. The molecule has 0 N–H and O–H groups in total. The van der Waals surface area contributed by atoms with Crippen molar-refractivity contribution in [1.82, 2.24) is 14.5 Å². The number of thiophene rings is 1. The van der Waals surface area contributed by atoms with E-state index in [9.17, 15) is 0 Å². The van der Waals surface area contributed by atoms with Crippen molar-refractivity contribution < 1.29 is 20.1 Å². The van der Waals surface area contributed by atoms with E-state index in [1.807, 2.05) is 29.5 Å². The third kappa shape index (κ3) is 8.49. The number of rotatable bonds is 8. The first-order valence-electron chi connectivity index (χ1n) is 20.9.